The van der Waals surface area contributed by atoms with E-state index in [-0.39, 0.29) is 18.3 Å². The molecule has 0 unspecified atom stereocenters. The van der Waals surface area contributed by atoms with Crippen molar-refractivity contribution < 1.29 is 24.2 Å². The Hall–Kier alpha value is -3.55. The Morgan fingerprint density at radius 3 is 2.64 bits per heavy atom. The lowest BCUT2D eigenvalue weighted by molar-refractivity contribution is -0.377. The Morgan fingerprint density at radius 2 is 1.96 bits per heavy atom. The maximum atomic E-state index is 10.9. The molecule has 0 spiro atoms. The number of likely N-dealkylation sites (N-methyl/N-ethyl adjacent to an activating group) is 1. The first-order valence-corrected chi connectivity index (χ1v) is 8.73. The van der Waals surface area contributed by atoms with Crippen molar-refractivity contribution >= 4 is 11.8 Å². The molecule has 0 bridgehead atoms. The van der Waals surface area contributed by atoms with Gasteiger partial charge in [-0.1, -0.05) is 0 Å². The minimum absolute atomic E-state index is 0.0283. The monoisotopic (exact) mass is 383 g/mol. The maximum Gasteiger partial charge on any atom is 0.231 e. The molecule has 1 aromatic rings. The largest absolute Gasteiger partial charge is 0.612 e. The molecule has 0 fully saturated rings. The maximum absolute atomic E-state index is 10.9. The number of hydrogen-bond acceptors (Lipinski definition) is 7. The highest BCUT2D eigenvalue weighted by Gasteiger charge is 2.27. The summed E-state index contributed by atoms with van der Waals surface area (Å²) in [6.07, 6.45) is 8.38. The predicted octanol–water partition coefficient (Wildman–Crippen LogP) is 2.64. The quantitative estimate of drug-likeness (QED) is 0.476. The van der Waals surface area contributed by atoms with Gasteiger partial charge in [0.25, 0.3) is 0 Å². The van der Waals surface area contributed by atoms with Crippen molar-refractivity contribution in [3.63, 3.8) is 0 Å². The molecule has 4 rings (SSSR count). The van der Waals surface area contributed by atoms with Gasteiger partial charge in [-0.05, 0) is 36.3 Å². The average molecular weight is 383 g/mol. The molecule has 0 radical (unpaired) electrons. The molecule has 2 aliphatic heterocycles. The molecule has 0 amide bonds. The highest BCUT2D eigenvalue weighted by atomic mass is 16.8. The molecule has 1 aromatic carbocycles. The normalized spacial score (nSPS) is 17.2. The van der Waals surface area contributed by atoms with E-state index in [1.54, 1.807) is 7.11 Å². The van der Waals surface area contributed by atoms with Crippen molar-refractivity contribution in [2.24, 2.45) is 0 Å². The van der Waals surface area contributed by atoms with Gasteiger partial charge in [-0.15, -0.1) is 0 Å². The zero-order valence-electron chi connectivity index (χ0n) is 15.5. The van der Waals surface area contributed by atoms with Crippen molar-refractivity contribution in [2.75, 3.05) is 27.5 Å². The number of benzene rings is 1. The lowest BCUT2D eigenvalue weighted by atomic mass is 10.0. The number of allylic oxidation sites excluding steroid dienone is 5. The van der Waals surface area contributed by atoms with Crippen LogP contribution in [0.2, 0.25) is 0 Å². The molecule has 28 heavy (non-hydrogen) atoms. The molecule has 0 saturated carbocycles. The van der Waals surface area contributed by atoms with E-state index in [2.05, 4.69) is 0 Å². The number of aliphatic hydroxyl groups excluding tert-OH is 1. The van der Waals surface area contributed by atoms with Crippen molar-refractivity contribution in [2.45, 2.75) is 6.42 Å². The number of ether oxygens (including phenoxy) is 3. The molecule has 8 nitrogen and oxygen atoms in total. The number of methoxy groups -OCH3 is 1. The van der Waals surface area contributed by atoms with E-state index in [0.717, 1.165) is 17.5 Å². The Balaban J connectivity index is 1.83. The zero-order valence-corrected chi connectivity index (χ0v) is 15.5. The minimum atomic E-state index is -0.471. The smallest absolute Gasteiger partial charge is 0.231 e. The number of hydrogen-bond donors (Lipinski definition) is 1. The number of fused-ring (bicyclic) bond motifs is 2. The molecule has 2 heterocycles. The van der Waals surface area contributed by atoms with Gasteiger partial charge in [-0.25, -0.2) is 0 Å². The highest BCUT2D eigenvalue weighted by Crippen LogP contribution is 2.47. The fourth-order valence-electron chi connectivity index (χ4n) is 3.44. The number of nitrogens with zero attached hydrogens (tertiary/aromatic N) is 2. The Kier molecular flexibility index (Phi) is 4.38. The lowest BCUT2D eigenvalue weighted by Gasteiger charge is -2.21. The molecule has 8 heteroatoms. The summed E-state index contributed by atoms with van der Waals surface area (Å²) in [5.41, 5.74) is 2.90. The van der Waals surface area contributed by atoms with E-state index in [4.69, 9.17) is 14.2 Å². The van der Waals surface area contributed by atoms with Crippen LogP contribution in [-0.2, 0) is 6.42 Å². The van der Waals surface area contributed by atoms with Gasteiger partial charge in [0.05, 0.1) is 12.8 Å². The van der Waals surface area contributed by atoms with Crippen LogP contribution in [0.3, 0.4) is 0 Å². The van der Waals surface area contributed by atoms with Crippen molar-refractivity contribution in [3.8, 4) is 17.2 Å². The third-order valence-electron chi connectivity index (χ3n) is 4.95. The molecule has 0 saturated heterocycles. The van der Waals surface area contributed by atoms with Crippen molar-refractivity contribution in [1.82, 2.24) is 4.90 Å². The molecule has 1 aliphatic carbocycles. The molecule has 0 atom stereocenters. The summed E-state index contributed by atoms with van der Waals surface area (Å²) in [6.45, 7) is 0.809. The standard InChI is InChI=1S/C20H19N2O6/c1-21-8-7-13-9-17-20(28-11-27-17)19(26-2)15(13)10-16(21)18(23)12-3-5-14(6-4-12)22(24)25/h3-6,9-10H,7-8,11H2,1-2H3,(H-,23,24,25)/q-1. The Morgan fingerprint density at radius 1 is 1.21 bits per heavy atom. The third kappa shape index (κ3) is 2.92. The first kappa shape index (κ1) is 17.8. The summed E-state index contributed by atoms with van der Waals surface area (Å²) >= 11 is 0. The second-order valence-corrected chi connectivity index (χ2v) is 6.57. The summed E-state index contributed by atoms with van der Waals surface area (Å²) in [5, 5.41) is 32.6. The van der Waals surface area contributed by atoms with Gasteiger partial charge >= 0.3 is 0 Å². The highest BCUT2D eigenvalue weighted by molar-refractivity contribution is 6.02. The number of aliphatic hydroxyl groups is 1. The van der Waals surface area contributed by atoms with E-state index in [1.807, 2.05) is 24.1 Å². The van der Waals surface area contributed by atoms with Crippen molar-refractivity contribution in [1.29, 1.82) is 0 Å². The Bertz CT molecular complexity index is 965. The molecule has 3 aliphatic rings. The van der Waals surface area contributed by atoms with Gasteiger partial charge in [0.2, 0.25) is 18.3 Å². The fraction of sp³-hybridized carbons (Fsp3) is 0.250. The summed E-state index contributed by atoms with van der Waals surface area (Å²) in [6, 6.07) is 1.94. The molecule has 1 N–H and O–H groups in total. The minimum Gasteiger partial charge on any atom is -0.612 e. The van der Waals surface area contributed by atoms with Gasteiger partial charge in [-0.3, -0.25) is 0 Å². The first-order chi connectivity index (χ1) is 13.5. The van der Waals surface area contributed by atoms with Crippen LogP contribution in [0, 0.1) is 10.4 Å². The van der Waals surface area contributed by atoms with Gasteiger partial charge in [0.1, 0.15) is 5.76 Å². The van der Waals surface area contributed by atoms with E-state index >= 15 is 0 Å². The van der Waals surface area contributed by atoms with Crippen LogP contribution >= 0.6 is 0 Å². The zero-order chi connectivity index (χ0) is 19.8. The summed E-state index contributed by atoms with van der Waals surface area (Å²) in [4.78, 5) is 1.46. The van der Waals surface area contributed by atoms with Crippen LogP contribution in [-0.4, -0.2) is 48.1 Å². The van der Waals surface area contributed by atoms with Crippen LogP contribution in [0.1, 0.15) is 11.1 Å². The second kappa shape index (κ2) is 6.88. The summed E-state index contributed by atoms with van der Waals surface area (Å²) < 4.78 is 16.6. The van der Waals surface area contributed by atoms with E-state index in [9.17, 15) is 15.5 Å². The topological polar surface area (TPSA) is 100 Å². The second-order valence-electron chi connectivity index (χ2n) is 6.57. The molecule has 146 valence electrons. The van der Waals surface area contributed by atoms with E-state index in [1.165, 1.54) is 24.3 Å². The van der Waals surface area contributed by atoms with Gasteiger partial charge < -0.3 is 34.6 Å². The molecular formula is C20H19N2O6-. The predicted molar refractivity (Wildman–Crippen MR) is 103 cm³/mol. The van der Waals surface area contributed by atoms with Gasteiger partial charge in [0.15, 0.2) is 11.5 Å². The SMILES string of the molecule is COc1c2c(cc3c1OCO3)CCN(C)C(C(O)=C1C=CC(=[N+]([O-])[O-])C=C1)=C2. The van der Waals surface area contributed by atoms with Crippen molar-refractivity contribution in [3.05, 3.63) is 68.9 Å². The van der Waals surface area contributed by atoms with Crippen LogP contribution in [0.25, 0.3) is 6.08 Å². The average Bonchev–Trinajstić information content (AvgIpc) is 3.10. The van der Waals surface area contributed by atoms with E-state index < -0.39 is 4.90 Å². The van der Waals surface area contributed by atoms with Crippen LogP contribution in [0.15, 0.2) is 47.4 Å². The van der Waals surface area contributed by atoms with Gasteiger partial charge in [-0.2, -0.15) is 4.90 Å². The summed E-state index contributed by atoms with van der Waals surface area (Å²) in [7, 11) is 3.45. The van der Waals surface area contributed by atoms with Gasteiger partial charge in [0, 0.05) is 36.9 Å². The Labute approximate surface area is 161 Å². The molecule has 0 aromatic heterocycles. The third-order valence-corrected chi connectivity index (χ3v) is 4.95. The van der Waals surface area contributed by atoms with Crippen LogP contribution in [0.4, 0.5) is 0 Å². The summed E-state index contributed by atoms with van der Waals surface area (Å²) in [5.74, 6) is 1.80. The fourth-order valence-corrected chi connectivity index (χ4v) is 3.44. The van der Waals surface area contributed by atoms with E-state index in [0.29, 0.717) is 35.1 Å². The van der Waals surface area contributed by atoms with Crippen LogP contribution < -0.4 is 14.2 Å². The number of rotatable bonds is 2. The first-order valence-electron chi connectivity index (χ1n) is 8.73. The lowest BCUT2D eigenvalue weighted by Crippen LogP contribution is -2.21. The van der Waals surface area contributed by atoms with Crippen LogP contribution in [0.5, 0.6) is 17.2 Å². The molecular weight excluding hydrogens is 364 g/mol.